The SMILES string of the molecule is CC(=O)C1CC(N2c3ccccc3Oc3ccccc32)[C@@H](O)[C@H](NS(=O)(=O)c2ccc(OC(F)(F)F)cc2)C1. The number of halogens is 3. The zero-order valence-electron chi connectivity index (χ0n) is 20.6. The average molecular weight is 563 g/mol. The Bertz CT molecular complexity index is 1430. The highest BCUT2D eigenvalue weighted by Gasteiger charge is 2.45. The molecule has 0 radical (unpaired) electrons. The molecule has 0 bridgehead atoms. The van der Waals surface area contributed by atoms with Gasteiger partial charge in [-0.1, -0.05) is 24.3 Å². The number of ketones is 1. The highest BCUT2D eigenvalue weighted by molar-refractivity contribution is 7.89. The molecule has 1 heterocycles. The molecule has 3 aromatic rings. The number of alkyl halides is 3. The van der Waals surface area contributed by atoms with Gasteiger partial charge in [-0.15, -0.1) is 13.2 Å². The number of rotatable bonds is 6. The standard InChI is InChI=1S/C27H25F3N2O6S/c1-16(33)17-14-20(31-39(35,36)19-12-10-18(11-13-19)38-27(28,29)30)26(34)23(15-17)32-21-6-2-4-8-24(21)37-25-9-5-3-7-22(25)32/h2-13,17,20,23,26,31,34H,14-15H2,1H3/t17?,20-,23?,26+/m1/s1. The summed E-state index contributed by atoms with van der Waals surface area (Å²) in [6.45, 7) is 1.42. The van der Waals surface area contributed by atoms with E-state index in [0.717, 1.165) is 24.3 Å². The molecule has 3 aromatic carbocycles. The van der Waals surface area contributed by atoms with Crippen molar-refractivity contribution < 1.29 is 41.0 Å². The first-order valence-electron chi connectivity index (χ1n) is 12.1. The number of ether oxygens (including phenoxy) is 2. The number of aliphatic hydroxyl groups excluding tert-OH is 1. The number of carbonyl (C=O) groups is 1. The topological polar surface area (TPSA) is 105 Å². The molecule has 1 aliphatic heterocycles. The van der Waals surface area contributed by atoms with Crippen molar-refractivity contribution in [3.63, 3.8) is 0 Å². The summed E-state index contributed by atoms with van der Waals surface area (Å²) in [6, 6.07) is 16.4. The van der Waals surface area contributed by atoms with Crippen LogP contribution < -0.4 is 19.1 Å². The molecule has 206 valence electrons. The van der Waals surface area contributed by atoms with Gasteiger partial charge in [0.1, 0.15) is 11.5 Å². The summed E-state index contributed by atoms with van der Waals surface area (Å²) in [4.78, 5) is 14.1. The summed E-state index contributed by atoms with van der Waals surface area (Å²) in [6.07, 6.45) is -5.85. The van der Waals surface area contributed by atoms with Gasteiger partial charge in [0.25, 0.3) is 0 Å². The van der Waals surface area contributed by atoms with Crippen molar-refractivity contribution in [2.24, 2.45) is 5.92 Å². The molecule has 1 saturated carbocycles. The third kappa shape index (κ3) is 5.58. The van der Waals surface area contributed by atoms with Crippen LogP contribution in [-0.2, 0) is 14.8 Å². The van der Waals surface area contributed by atoms with Gasteiger partial charge in [-0.05, 0) is 68.3 Å². The van der Waals surface area contributed by atoms with Crippen molar-refractivity contribution in [3.8, 4) is 17.2 Å². The number of fused-ring (bicyclic) bond motifs is 2. The van der Waals surface area contributed by atoms with Crippen molar-refractivity contribution in [1.82, 2.24) is 4.72 Å². The van der Waals surface area contributed by atoms with E-state index in [1.54, 1.807) is 12.1 Å². The summed E-state index contributed by atoms with van der Waals surface area (Å²) >= 11 is 0. The van der Waals surface area contributed by atoms with Crippen LogP contribution in [-0.4, -0.2) is 43.9 Å². The van der Waals surface area contributed by atoms with Gasteiger partial charge in [-0.3, -0.25) is 4.79 Å². The van der Waals surface area contributed by atoms with Crippen LogP contribution in [0.4, 0.5) is 24.5 Å². The van der Waals surface area contributed by atoms with Crippen LogP contribution >= 0.6 is 0 Å². The van der Waals surface area contributed by atoms with Crippen LogP contribution in [0.1, 0.15) is 19.8 Å². The van der Waals surface area contributed by atoms with Gasteiger partial charge in [0.2, 0.25) is 10.0 Å². The lowest BCUT2D eigenvalue weighted by atomic mass is 9.78. The quantitative estimate of drug-likeness (QED) is 0.440. The molecule has 0 amide bonds. The third-order valence-electron chi connectivity index (χ3n) is 6.92. The number of carbonyl (C=O) groups excluding carboxylic acids is 1. The first-order chi connectivity index (χ1) is 18.4. The van der Waals surface area contributed by atoms with Crippen molar-refractivity contribution in [3.05, 3.63) is 72.8 Å². The Hall–Kier alpha value is -3.61. The number of sulfonamides is 1. The van der Waals surface area contributed by atoms with Crippen molar-refractivity contribution >= 4 is 27.2 Å². The minimum Gasteiger partial charge on any atom is -0.453 e. The van der Waals surface area contributed by atoms with Gasteiger partial charge in [0, 0.05) is 5.92 Å². The number of para-hydroxylation sites is 4. The minimum absolute atomic E-state index is 0.0507. The molecule has 0 aromatic heterocycles. The van der Waals surface area contributed by atoms with Crippen molar-refractivity contribution in [1.29, 1.82) is 0 Å². The highest BCUT2D eigenvalue weighted by Crippen LogP contribution is 2.49. The zero-order valence-corrected chi connectivity index (χ0v) is 21.4. The molecule has 5 rings (SSSR count). The maximum absolute atomic E-state index is 13.2. The van der Waals surface area contributed by atoms with Crippen LogP contribution in [0.3, 0.4) is 0 Å². The van der Waals surface area contributed by atoms with E-state index in [-0.39, 0.29) is 23.5 Å². The lowest BCUT2D eigenvalue weighted by Gasteiger charge is -2.46. The molecule has 2 unspecified atom stereocenters. The fourth-order valence-corrected chi connectivity index (χ4v) is 6.39. The van der Waals surface area contributed by atoms with Gasteiger partial charge in [0.15, 0.2) is 11.5 Å². The fraction of sp³-hybridized carbons (Fsp3) is 0.296. The largest absolute Gasteiger partial charge is 0.573 e. The van der Waals surface area contributed by atoms with Crippen LogP contribution in [0.25, 0.3) is 0 Å². The van der Waals surface area contributed by atoms with E-state index in [0.29, 0.717) is 22.9 Å². The second kappa shape index (κ2) is 10.2. The number of hydrogen-bond donors (Lipinski definition) is 2. The van der Waals surface area contributed by atoms with Crippen LogP contribution in [0.15, 0.2) is 77.7 Å². The number of Topliss-reactive ketones (excluding diaryl/α,β-unsaturated/α-hetero) is 1. The Labute approximate surface area is 223 Å². The smallest absolute Gasteiger partial charge is 0.453 e. The first kappa shape index (κ1) is 27.0. The van der Waals surface area contributed by atoms with E-state index in [1.165, 1.54) is 6.92 Å². The second-order valence-corrected chi connectivity index (χ2v) is 11.2. The summed E-state index contributed by atoms with van der Waals surface area (Å²) in [5.74, 6) is -0.186. The number of nitrogens with one attached hydrogen (secondary N) is 1. The maximum atomic E-state index is 13.2. The van der Waals surface area contributed by atoms with Crippen LogP contribution in [0, 0.1) is 5.92 Å². The Kier molecular flexibility index (Phi) is 7.04. The van der Waals surface area contributed by atoms with Crippen LogP contribution in [0.2, 0.25) is 0 Å². The van der Waals surface area contributed by atoms with E-state index in [1.807, 2.05) is 41.3 Å². The lowest BCUT2D eigenvalue weighted by Crippen LogP contribution is -2.58. The molecule has 39 heavy (non-hydrogen) atoms. The Morgan fingerprint density at radius 3 is 2.08 bits per heavy atom. The van der Waals surface area contributed by atoms with Crippen molar-refractivity contribution in [2.45, 2.75) is 49.2 Å². The van der Waals surface area contributed by atoms with E-state index in [2.05, 4.69) is 9.46 Å². The number of nitrogens with zero attached hydrogens (tertiary/aromatic N) is 1. The van der Waals surface area contributed by atoms with Gasteiger partial charge in [-0.2, -0.15) is 0 Å². The highest BCUT2D eigenvalue weighted by atomic mass is 32.2. The summed E-state index contributed by atoms with van der Waals surface area (Å²) in [5, 5.41) is 11.5. The molecule has 1 aliphatic carbocycles. The number of benzene rings is 3. The molecule has 1 fully saturated rings. The molecular weight excluding hydrogens is 537 g/mol. The van der Waals surface area contributed by atoms with E-state index >= 15 is 0 Å². The normalized spacial score (nSPS) is 22.8. The van der Waals surface area contributed by atoms with Gasteiger partial charge in [0.05, 0.1) is 34.5 Å². The summed E-state index contributed by atoms with van der Waals surface area (Å²) in [5.41, 5.74) is 1.32. The summed E-state index contributed by atoms with van der Waals surface area (Å²) in [7, 11) is -4.28. The number of aliphatic hydroxyl groups is 1. The minimum atomic E-state index is -4.92. The van der Waals surface area contributed by atoms with Gasteiger partial charge < -0.3 is 19.5 Å². The van der Waals surface area contributed by atoms with E-state index in [4.69, 9.17) is 4.74 Å². The van der Waals surface area contributed by atoms with Gasteiger partial charge in [-0.25, -0.2) is 13.1 Å². The van der Waals surface area contributed by atoms with E-state index in [9.17, 15) is 31.5 Å². The molecule has 4 atom stereocenters. The maximum Gasteiger partial charge on any atom is 0.573 e. The zero-order chi connectivity index (χ0) is 27.9. The third-order valence-corrected chi connectivity index (χ3v) is 8.43. The molecule has 0 spiro atoms. The molecule has 12 heteroatoms. The molecule has 2 N–H and O–H groups in total. The number of anilines is 2. The lowest BCUT2D eigenvalue weighted by molar-refractivity contribution is -0.274. The molecule has 2 aliphatic rings. The molecule has 8 nitrogen and oxygen atoms in total. The Balaban J connectivity index is 1.47. The Morgan fingerprint density at radius 2 is 1.54 bits per heavy atom. The fourth-order valence-electron chi connectivity index (χ4n) is 5.13. The van der Waals surface area contributed by atoms with Gasteiger partial charge >= 0.3 is 6.36 Å². The molecule has 0 saturated heterocycles. The first-order valence-corrected chi connectivity index (χ1v) is 13.6. The van der Waals surface area contributed by atoms with Crippen LogP contribution in [0.5, 0.6) is 17.2 Å². The summed E-state index contributed by atoms with van der Waals surface area (Å²) < 4.78 is 76.2. The monoisotopic (exact) mass is 562 g/mol. The average Bonchev–Trinajstić information content (AvgIpc) is 2.88. The van der Waals surface area contributed by atoms with E-state index < -0.39 is 46.2 Å². The predicted molar refractivity (Wildman–Crippen MR) is 136 cm³/mol. The van der Waals surface area contributed by atoms with Crippen molar-refractivity contribution in [2.75, 3.05) is 4.90 Å². The molecular formula is C27H25F3N2O6S. The Morgan fingerprint density at radius 1 is 0.974 bits per heavy atom. The number of hydrogen-bond acceptors (Lipinski definition) is 7. The predicted octanol–water partition coefficient (Wildman–Crippen LogP) is 4.90. The second-order valence-electron chi connectivity index (χ2n) is 9.49.